The second-order valence-corrected chi connectivity index (χ2v) is 5.13. The van der Waals surface area contributed by atoms with E-state index in [0.717, 1.165) is 31.8 Å². The van der Waals surface area contributed by atoms with Crippen LogP contribution >= 0.6 is 0 Å². The first-order valence-corrected chi connectivity index (χ1v) is 6.74. The molecule has 0 bridgehead atoms. The van der Waals surface area contributed by atoms with Gasteiger partial charge in [-0.25, -0.2) is 0 Å². The van der Waals surface area contributed by atoms with Crippen LogP contribution in [0.5, 0.6) is 0 Å². The molecule has 3 N–H and O–H groups in total. The molecule has 2 rings (SSSR count). The summed E-state index contributed by atoms with van der Waals surface area (Å²) in [6.07, 6.45) is 1.97. The van der Waals surface area contributed by atoms with Gasteiger partial charge in [-0.05, 0) is 37.0 Å². The summed E-state index contributed by atoms with van der Waals surface area (Å²) < 4.78 is 0. The number of hydrogen-bond donors (Lipinski definition) is 2. The van der Waals surface area contributed by atoms with Crippen LogP contribution in [0.15, 0.2) is 23.2 Å². The molecule has 0 fully saturated rings. The van der Waals surface area contributed by atoms with Crippen molar-refractivity contribution in [1.29, 1.82) is 0 Å². The van der Waals surface area contributed by atoms with Crippen LogP contribution < -0.4 is 11.1 Å². The number of amidine groups is 1. The van der Waals surface area contributed by atoms with Crippen molar-refractivity contribution < 1.29 is 0 Å². The molecule has 1 heterocycles. The number of benzene rings is 1. The maximum atomic E-state index is 6.71. The molecule has 3 heteroatoms. The van der Waals surface area contributed by atoms with Gasteiger partial charge in [0.05, 0.1) is 12.1 Å². The minimum absolute atomic E-state index is 0.457. The van der Waals surface area contributed by atoms with Gasteiger partial charge < -0.3 is 11.1 Å². The third kappa shape index (κ3) is 2.15. The predicted octanol–water partition coefficient (Wildman–Crippen LogP) is 2.26. The van der Waals surface area contributed by atoms with E-state index in [1.165, 1.54) is 16.7 Å². The summed E-state index contributed by atoms with van der Waals surface area (Å²) in [4.78, 5) is 4.55. The first-order valence-electron chi connectivity index (χ1n) is 6.74. The Morgan fingerprint density at radius 2 is 2.17 bits per heavy atom. The van der Waals surface area contributed by atoms with Crippen LogP contribution in [0.4, 0.5) is 0 Å². The van der Waals surface area contributed by atoms with Crippen LogP contribution in [0, 0.1) is 13.8 Å². The number of hydrogen-bond acceptors (Lipinski definition) is 3. The maximum absolute atomic E-state index is 6.71. The smallest absolute Gasteiger partial charge is 0.121 e. The molecule has 18 heavy (non-hydrogen) atoms. The van der Waals surface area contributed by atoms with E-state index in [1.807, 2.05) is 0 Å². The highest BCUT2D eigenvalue weighted by atomic mass is 15.1. The van der Waals surface area contributed by atoms with Crippen molar-refractivity contribution in [3.05, 3.63) is 34.9 Å². The largest absolute Gasteiger partial charge is 0.370 e. The van der Waals surface area contributed by atoms with Crippen LogP contribution in [-0.4, -0.2) is 18.9 Å². The summed E-state index contributed by atoms with van der Waals surface area (Å²) in [5.74, 6) is 0.957. The highest BCUT2D eigenvalue weighted by Gasteiger charge is 2.35. The summed E-state index contributed by atoms with van der Waals surface area (Å²) in [6, 6.07) is 6.36. The van der Waals surface area contributed by atoms with Crippen molar-refractivity contribution in [3.63, 3.8) is 0 Å². The minimum atomic E-state index is -0.457. The number of nitrogens with one attached hydrogen (secondary N) is 1. The number of aliphatic imine (C=N–C) groups is 1. The van der Waals surface area contributed by atoms with Crippen LogP contribution in [0.2, 0.25) is 0 Å². The monoisotopic (exact) mass is 245 g/mol. The molecule has 1 aliphatic heterocycles. The summed E-state index contributed by atoms with van der Waals surface area (Å²) in [5.41, 5.74) is 10.0. The van der Waals surface area contributed by atoms with E-state index in [-0.39, 0.29) is 0 Å². The molecule has 98 valence electrons. The Morgan fingerprint density at radius 3 is 2.78 bits per heavy atom. The molecule has 0 spiro atoms. The van der Waals surface area contributed by atoms with Gasteiger partial charge in [0.2, 0.25) is 0 Å². The van der Waals surface area contributed by atoms with Gasteiger partial charge in [0.1, 0.15) is 5.84 Å². The van der Waals surface area contributed by atoms with Gasteiger partial charge in [0.25, 0.3) is 0 Å². The van der Waals surface area contributed by atoms with E-state index in [9.17, 15) is 0 Å². The number of aryl methyl sites for hydroxylation is 1. The van der Waals surface area contributed by atoms with Gasteiger partial charge in [-0.1, -0.05) is 31.5 Å². The third-order valence-corrected chi connectivity index (χ3v) is 3.83. The predicted molar refractivity (Wildman–Crippen MR) is 77.0 cm³/mol. The Labute approximate surface area is 109 Å². The molecule has 1 unspecified atom stereocenters. The molecular formula is C15H23N3. The molecule has 0 amide bonds. The molecule has 1 atom stereocenters. The Kier molecular flexibility index (Phi) is 3.71. The first kappa shape index (κ1) is 13.1. The van der Waals surface area contributed by atoms with E-state index in [0.29, 0.717) is 0 Å². The SMILES string of the molecule is CCCC(N)(C1=NCCN1)c1cccc(C)c1C. The lowest BCUT2D eigenvalue weighted by atomic mass is 9.81. The fraction of sp³-hybridized carbons (Fsp3) is 0.533. The zero-order chi connectivity index (χ0) is 13.2. The van der Waals surface area contributed by atoms with E-state index in [2.05, 4.69) is 49.3 Å². The minimum Gasteiger partial charge on any atom is -0.370 e. The van der Waals surface area contributed by atoms with Gasteiger partial charge in [-0.15, -0.1) is 0 Å². The summed E-state index contributed by atoms with van der Waals surface area (Å²) in [5, 5.41) is 3.35. The molecule has 3 nitrogen and oxygen atoms in total. The second kappa shape index (κ2) is 5.11. The Morgan fingerprint density at radius 1 is 1.39 bits per heavy atom. The molecule has 0 aliphatic carbocycles. The molecule has 0 saturated heterocycles. The molecule has 1 aromatic rings. The topological polar surface area (TPSA) is 50.4 Å². The van der Waals surface area contributed by atoms with Gasteiger partial charge >= 0.3 is 0 Å². The van der Waals surface area contributed by atoms with Crippen molar-refractivity contribution in [2.75, 3.05) is 13.1 Å². The Bertz CT molecular complexity index is 465. The third-order valence-electron chi connectivity index (χ3n) is 3.83. The van der Waals surface area contributed by atoms with Crippen molar-refractivity contribution in [1.82, 2.24) is 5.32 Å². The van der Waals surface area contributed by atoms with Crippen molar-refractivity contribution in [2.24, 2.45) is 10.7 Å². The second-order valence-electron chi connectivity index (χ2n) is 5.13. The Balaban J connectivity index is 2.49. The van der Waals surface area contributed by atoms with Crippen molar-refractivity contribution in [3.8, 4) is 0 Å². The lowest BCUT2D eigenvalue weighted by Gasteiger charge is -2.32. The number of nitrogens with two attached hydrogens (primary N) is 1. The Hall–Kier alpha value is -1.35. The summed E-state index contributed by atoms with van der Waals surface area (Å²) in [7, 11) is 0. The molecule has 1 aromatic carbocycles. The van der Waals surface area contributed by atoms with Crippen LogP contribution in [0.25, 0.3) is 0 Å². The van der Waals surface area contributed by atoms with E-state index in [1.54, 1.807) is 0 Å². The molecule has 1 aliphatic rings. The van der Waals surface area contributed by atoms with Gasteiger partial charge in [0, 0.05) is 6.54 Å². The highest BCUT2D eigenvalue weighted by molar-refractivity contribution is 5.94. The van der Waals surface area contributed by atoms with Crippen molar-refractivity contribution in [2.45, 2.75) is 39.2 Å². The van der Waals surface area contributed by atoms with Crippen molar-refractivity contribution >= 4 is 5.84 Å². The number of rotatable bonds is 4. The zero-order valence-electron chi connectivity index (χ0n) is 11.6. The van der Waals surface area contributed by atoms with Crippen LogP contribution in [0.3, 0.4) is 0 Å². The normalized spacial score (nSPS) is 18.1. The fourth-order valence-corrected chi connectivity index (χ4v) is 2.71. The number of nitrogens with zero attached hydrogens (tertiary/aromatic N) is 1. The fourth-order valence-electron chi connectivity index (χ4n) is 2.71. The molecule has 0 radical (unpaired) electrons. The average Bonchev–Trinajstić information content (AvgIpc) is 2.87. The van der Waals surface area contributed by atoms with Gasteiger partial charge in [-0.2, -0.15) is 0 Å². The lowest BCUT2D eigenvalue weighted by molar-refractivity contribution is 0.524. The maximum Gasteiger partial charge on any atom is 0.121 e. The molecule has 0 saturated carbocycles. The first-order chi connectivity index (χ1) is 8.59. The molecular weight excluding hydrogens is 222 g/mol. The van der Waals surface area contributed by atoms with E-state index >= 15 is 0 Å². The van der Waals surface area contributed by atoms with Crippen LogP contribution in [0.1, 0.15) is 36.5 Å². The zero-order valence-corrected chi connectivity index (χ0v) is 11.6. The standard InChI is InChI=1S/C15H23N3/c1-4-8-15(16,14-17-9-10-18-14)13-7-5-6-11(2)12(13)3/h5-7H,4,8-10,16H2,1-3H3,(H,17,18). The summed E-state index contributed by atoms with van der Waals surface area (Å²) in [6.45, 7) is 8.19. The quantitative estimate of drug-likeness (QED) is 0.855. The van der Waals surface area contributed by atoms with Gasteiger partial charge in [0.15, 0.2) is 0 Å². The van der Waals surface area contributed by atoms with E-state index < -0.39 is 5.54 Å². The lowest BCUT2D eigenvalue weighted by Crippen LogP contribution is -2.50. The van der Waals surface area contributed by atoms with Crippen LogP contribution in [-0.2, 0) is 5.54 Å². The molecule has 0 aromatic heterocycles. The van der Waals surface area contributed by atoms with Gasteiger partial charge in [-0.3, -0.25) is 4.99 Å². The highest BCUT2D eigenvalue weighted by Crippen LogP contribution is 2.30. The summed E-state index contributed by atoms with van der Waals surface area (Å²) >= 11 is 0. The van der Waals surface area contributed by atoms with E-state index in [4.69, 9.17) is 5.73 Å². The average molecular weight is 245 g/mol.